The number of hydrogen-bond donors (Lipinski definition) is 2. The number of hydrogen-bond acceptors (Lipinski definition) is 4. The highest BCUT2D eigenvalue weighted by atomic mass is 19.1. The molecule has 1 atom stereocenters. The summed E-state index contributed by atoms with van der Waals surface area (Å²) in [5.74, 6) is -2.80. The third kappa shape index (κ3) is 3.08. The van der Waals surface area contributed by atoms with E-state index in [0.717, 1.165) is 11.1 Å². The van der Waals surface area contributed by atoms with Gasteiger partial charge in [0.1, 0.15) is 11.3 Å². The molecule has 1 amide bonds. The number of nitrogens with zero attached hydrogens (tertiary/aromatic N) is 2. The number of pyridine rings is 1. The molecule has 1 aliphatic heterocycles. The Kier molecular flexibility index (Phi) is 4.45. The van der Waals surface area contributed by atoms with E-state index in [-0.39, 0.29) is 35.1 Å². The summed E-state index contributed by atoms with van der Waals surface area (Å²) in [6, 6.07) is 7.90. The van der Waals surface area contributed by atoms with Crippen molar-refractivity contribution in [2.24, 2.45) is 0 Å². The second-order valence-corrected chi connectivity index (χ2v) is 7.38. The Morgan fingerprint density at radius 2 is 1.97 bits per heavy atom. The Morgan fingerprint density at radius 3 is 2.62 bits per heavy atom. The highest BCUT2D eigenvalue weighted by Gasteiger charge is 2.35. The maximum Gasteiger partial charge on any atom is 0.310 e. The summed E-state index contributed by atoms with van der Waals surface area (Å²) in [5, 5.41) is 20.9. The van der Waals surface area contributed by atoms with Gasteiger partial charge in [0.15, 0.2) is 5.75 Å². The van der Waals surface area contributed by atoms with Crippen LogP contribution in [0.1, 0.15) is 45.5 Å². The van der Waals surface area contributed by atoms with Crippen LogP contribution in [0.15, 0.2) is 36.5 Å². The lowest BCUT2D eigenvalue weighted by Crippen LogP contribution is -2.17. The molecular weight excluding hydrogens is 375 g/mol. The summed E-state index contributed by atoms with van der Waals surface area (Å²) in [6.07, 6.45) is 2.05. The molecule has 0 fully saturated rings. The first-order chi connectivity index (χ1) is 13.8. The fourth-order valence-electron chi connectivity index (χ4n) is 3.91. The molecule has 148 valence electrons. The van der Waals surface area contributed by atoms with E-state index >= 15 is 0 Å². The van der Waals surface area contributed by atoms with Crippen molar-refractivity contribution in [2.75, 3.05) is 7.05 Å². The van der Waals surface area contributed by atoms with Crippen LogP contribution in [0.2, 0.25) is 0 Å². The molecule has 7 heteroatoms. The minimum Gasteiger partial charge on any atom is -0.505 e. The molecule has 0 saturated heterocycles. The zero-order valence-corrected chi connectivity index (χ0v) is 15.9. The molecule has 0 bridgehead atoms. The van der Waals surface area contributed by atoms with Gasteiger partial charge in [0.2, 0.25) is 0 Å². The van der Waals surface area contributed by atoms with Crippen molar-refractivity contribution >= 4 is 22.8 Å². The monoisotopic (exact) mass is 394 g/mol. The number of carbonyl (C=O) groups is 2. The van der Waals surface area contributed by atoms with Crippen LogP contribution >= 0.6 is 0 Å². The van der Waals surface area contributed by atoms with E-state index < -0.39 is 11.9 Å². The van der Waals surface area contributed by atoms with Gasteiger partial charge >= 0.3 is 5.97 Å². The van der Waals surface area contributed by atoms with Gasteiger partial charge in [0.05, 0.1) is 11.5 Å². The van der Waals surface area contributed by atoms with Crippen LogP contribution in [0.3, 0.4) is 0 Å². The van der Waals surface area contributed by atoms with Crippen LogP contribution < -0.4 is 0 Å². The van der Waals surface area contributed by atoms with Crippen molar-refractivity contribution in [3.05, 3.63) is 70.2 Å². The van der Waals surface area contributed by atoms with Crippen molar-refractivity contribution in [1.29, 1.82) is 0 Å². The largest absolute Gasteiger partial charge is 0.505 e. The summed E-state index contributed by atoms with van der Waals surface area (Å²) < 4.78 is 13.2. The maximum absolute atomic E-state index is 13.2. The number of carbonyl (C=O) groups excluding carboxylic acids is 1. The molecule has 0 radical (unpaired) electrons. The lowest BCUT2D eigenvalue weighted by molar-refractivity contribution is -0.138. The highest BCUT2D eigenvalue weighted by Crippen LogP contribution is 2.42. The van der Waals surface area contributed by atoms with Crippen molar-refractivity contribution in [3.8, 4) is 5.75 Å². The van der Waals surface area contributed by atoms with Gasteiger partial charge in [-0.05, 0) is 53.8 Å². The predicted molar refractivity (Wildman–Crippen MR) is 104 cm³/mol. The molecule has 2 N–H and O–H groups in total. The number of carboxylic acid groups (broad SMARTS) is 1. The Bertz CT molecular complexity index is 1160. The molecule has 0 saturated carbocycles. The highest BCUT2D eigenvalue weighted by molar-refractivity contribution is 6.08. The number of rotatable bonds is 4. The number of amides is 1. The second-order valence-electron chi connectivity index (χ2n) is 7.38. The minimum atomic E-state index is -1.02. The van der Waals surface area contributed by atoms with E-state index in [1.54, 1.807) is 38.4 Å². The minimum absolute atomic E-state index is 0.127. The van der Waals surface area contributed by atoms with E-state index in [2.05, 4.69) is 4.98 Å². The number of aliphatic carboxylic acids is 1. The third-order valence-electron chi connectivity index (χ3n) is 5.40. The third-order valence-corrected chi connectivity index (χ3v) is 5.40. The van der Waals surface area contributed by atoms with Gasteiger partial charge < -0.3 is 15.1 Å². The summed E-state index contributed by atoms with van der Waals surface area (Å²) in [4.78, 5) is 30.1. The Morgan fingerprint density at radius 1 is 1.28 bits per heavy atom. The van der Waals surface area contributed by atoms with Gasteiger partial charge in [-0.1, -0.05) is 12.1 Å². The summed E-state index contributed by atoms with van der Waals surface area (Å²) in [5.41, 5.74) is 3.02. The fourth-order valence-corrected chi connectivity index (χ4v) is 3.91. The topological polar surface area (TPSA) is 90.7 Å². The smallest absolute Gasteiger partial charge is 0.310 e. The normalized spacial score (nSPS) is 14.3. The molecule has 29 heavy (non-hydrogen) atoms. The molecule has 4 rings (SSSR count). The number of benzene rings is 2. The first-order valence-corrected chi connectivity index (χ1v) is 9.17. The SMILES string of the molecule is CC(C(=O)O)c1c2c(c(O)c3ncc(Cc4ccc(F)cc4)cc13)C(=O)N(C)C2. The zero-order valence-electron chi connectivity index (χ0n) is 15.9. The Balaban J connectivity index is 1.93. The fraction of sp³-hybridized carbons (Fsp3) is 0.227. The Hall–Kier alpha value is -3.48. The van der Waals surface area contributed by atoms with Crippen LogP contribution in [0.5, 0.6) is 5.75 Å². The summed E-state index contributed by atoms with van der Waals surface area (Å²) >= 11 is 0. The number of fused-ring (bicyclic) bond motifs is 2. The lowest BCUT2D eigenvalue weighted by Gasteiger charge is -2.17. The van der Waals surface area contributed by atoms with Crippen LogP contribution in [0, 0.1) is 5.82 Å². The van der Waals surface area contributed by atoms with Crippen molar-refractivity contribution in [3.63, 3.8) is 0 Å². The van der Waals surface area contributed by atoms with Crippen LogP contribution in [0.25, 0.3) is 10.9 Å². The number of phenolic OH excluding ortho intramolecular Hbond substituents is 1. The average molecular weight is 394 g/mol. The van der Waals surface area contributed by atoms with Crippen LogP contribution in [-0.2, 0) is 17.8 Å². The van der Waals surface area contributed by atoms with Gasteiger partial charge in [-0.25, -0.2) is 4.39 Å². The molecule has 2 heterocycles. The van der Waals surface area contributed by atoms with Gasteiger partial charge in [-0.3, -0.25) is 14.6 Å². The summed E-state index contributed by atoms with van der Waals surface area (Å²) in [6.45, 7) is 1.79. The van der Waals surface area contributed by atoms with E-state index in [1.807, 2.05) is 0 Å². The Labute approximate surface area is 166 Å². The predicted octanol–water partition coefficient (Wildman–Crippen LogP) is 3.44. The van der Waals surface area contributed by atoms with Crippen LogP contribution in [0.4, 0.5) is 4.39 Å². The number of halogens is 1. The van der Waals surface area contributed by atoms with E-state index in [1.165, 1.54) is 17.0 Å². The standard InChI is InChI=1S/C22H19FN2O4/c1-11(22(28)29)17-15-8-13(7-12-3-5-14(23)6-4-12)9-24-19(15)20(26)18-16(17)10-25(2)21(18)27/h3-6,8-9,11,26H,7,10H2,1-2H3,(H,28,29). The second kappa shape index (κ2) is 6.84. The zero-order chi connectivity index (χ0) is 20.9. The number of carboxylic acids is 1. The maximum atomic E-state index is 13.2. The molecule has 2 aromatic carbocycles. The first kappa shape index (κ1) is 18.9. The van der Waals surface area contributed by atoms with Crippen molar-refractivity contribution in [2.45, 2.75) is 25.8 Å². The number of phenols is 1. The molecule has 1 unspecified atom stereocenters. The van der Waals surface area contributed by atoms with Gasteiger partial charge in [-0.2, -0.15) is 0 Å². The molecule has 1 aromatic heterocycles. The van der Waals surface area contributed by atoms with Gasteiger partial charge in [0, 0.05) is 25.2 Å². The van der Waals surface area contributed by atoms with Crippen molar-refractivity contribution in [1.82, 2.24) is 9.88 Å². The van der Waals surface area contributed by atoms with E-state index in [9.17, 15) is 24.2 Å². The van der Waals surface area contributed by atoms with Gasteiger partial charge in [0.25, 0.3) is 5.91 Å². The molecular formula is C22H19FN2O4. The van der Waals surface area contributed by atoms with Crippen LogP contribution in [-0.4, -0.2) is 39.0 Å². The van der Waals surface area contributed by atoms with Gasteiger partial charge in [-0.15, -0.1) is 0 Å². The lowest BCUT2D eigenvalue weighted by atomic mass is 9.88. The number of aromatic hydroxyl groups is 1. The van der Waals surface area contributed by atoms with E-state index in [0.29, 0.717) is 22.9 Å². The van der Waals surface area contributed by atoms with Crippen molar-refractivity contribution < 1.29 is 24.2 Å². The average Bonchev–Trinajstić information content (AvgIpc) is 2.98. The molecule has 0 aliphatic carbocycles. The molecule has 6 nitrogen and oxygen atoms in total. The van der Waals surface area contributed by atoms with E-state index in [4.69, 9.17) is 0 Å². The molecule has 1 aliphatic rings. The molecule has 3 aromatic rings. The summed E-state index contributed by atoms with van der Waals surface area (Å²) in [7, 11) is 1.61. The number of aromatic nitrogens is 1. The quantitative estimate of drug-likeness (QED) is 0.707. The first-order valence-electron chi connectivity index (χ1n) is 9.17. The molecule has 0 spiro atoms.